The summed E-state index contributed by atoms with van der Waals surface area (Å²) in [4.78, 5) is 3.15. The van der Waals surface area contributed by atoms with E-state index in [1.165, 1.54) is 0 Å². The molecular weight excluding hydrogens is 326 g/mol. The number of halogens is 2. The molecule has 3 aromatic rings. The minimum absolute atomic E-state index is 0.641. The lowest BCUT2D eigenvalue weighted by atomic mass is 9.98. The van der Waals surface area contributed by atoms with Crippen molar-refractivity contribution in [1.82, 2.24) is 4.98 Å². The fourth-order valence-corrected chi connectivity index (χ4v) is 3.14. The summed E-state index contributed by atoms with van der Waals surface area (Å²) >= 11 is 9.38. The number of aliphatic hydroxyl groups excluding tert-OH is 1. The van der Waals surface area contributed by atoms with Crippen molar-refractivity contribution in [1.29, 1.82) is 0 Å². The maximum atomic E-state index is 10.6. The Bertz CT molecular complexity index is 738. The van der Waals surface area contributed by atoms with Crippen molar-refractivity contribution in [3.63, 3.8) is 0 Å². The van der Waals surface area contributed by atoms with E-state index in [9.17, 15) is 5.11 Å². The SMILES string of the molecule is OC(c1ccc(Cl)cc1Br)c1cccc2[nH]ccc12. The first-order valence-corrected chi connectivity index (χ1v) is 7.03. The van der Waals surface area contributed by atoms with Gasteiger partial charge in [0.05, 0.1) is 0 Å². The summed E-state index contributed by atoms with van der Waals surface area (Å²) in [5.41, 5.74) is 2.70. The minimum Gasteiger partial charge on any atom is -0.384 e. The zero-order valence-electron chi connectivity index (χ0n) is 9.90. The van der Waals surface area contributed by atoms with Crippen LogP contribution >= 0.6 is 27.5 Å². The number of fused-ring (bicyclic) bond motifs is 1. The number of hydrogen-bond acceptors (Lipinski definition) is 1. The fourth-order valence-electron chi connectivity index (χ4n) is 2.24. The second-order valence-corrected chi connectivity index (χ2v) is 5.65. The monoisotopic (exact) mass is 335 g/mol. The van der Waals surface area contributed by atoms with Crippen LogP contribution in [0.5, 0.6) is 0 Å². The molecule has 96 valence electrons. The van der Waals surface area contributed by atoms with Gasteiger partial charge in [0.25, 0.3) is 0 Å². The third-order valence-electron chi connectivity index (χ3n) is 3.18. The minimum atomic E-state index is -0.689. The molecule has 2 nitrogen and oxygen atoms in total. The van der Waals surface area contributed by atoms with Crippen molar-refractivity contribution in [2.75, 3.05) is 0 Å². The summed E-state index contributed by atoms with van der Waals surface area (Å²) in [6, 6.07) is 13.2. The van der Waals surface area contributed by atoms with E-state index in [0.29, 0.717) is 5.02 Å². The summed E-state index contributed by atoms with van der Waals surface area (Å²) in [6.07, 6.45) is 1.18. The zero-order valence-corrected chi connectivity index (χ0v) is 12.2. The third kappa shape index (κ3) is 2.29. The average Bonchev–Trinajstić information content (AvgIpc) is 2.86. The van der Waals surface area contributed by atoms with Gasteiger partial charge in [-0.05, 0) is 35.4 Å². The molecule has 4 heteroatoms. The molecule has 0 aliphatic rings. The maximum Gasteiger partial charge on any atom is 0.106 e. The molecule has 1 unspecified atom stereocenters. The molecule has 0 amide bonds. The molecule has 0 aliphatic carbocycles. The van der Waals surface area contributed by atoms with Gasteiger partial charge in [-0.1, -0.05) is 45.7 Å². The molecule has 2 aromatic carbocycles. The van der Waals surface area contributed by atoms with Crippen molar-refractivity contribution in [2.45, 2.75) is 6.10 Å². The van der Waals surface area contributed by atoms with Crippen LogP contribution in [-0.4, -0.2) is 10.1 Å². The van der Waals surface area contributed by atoms with Gasteiger partial charge in [-0.25, -0.2) is 0 Å². The summed E-state index contributed by atoms with van der Waals surface area (Å²) in [5.74, 6) is 0. The van der Waals surface area contributed by atoms with Gasteiger partial charge < -0.3 is 10.1 Å². The first-order chi connectivity index (χ1) is 9.16. The molecule has 0 saturated heterocycles. The van der Waals surface area contributed by atoms with Crippen molar-refractivity contribution in [2.24, 2.45) is 0 Å². The van der Waals surface area contributed by atoms with E-state index in [1.807, 2.05) is 36.5 Å². The molecule has 3 rings (SSSR count). The Labute approximate surface area is 124 Å². The molecule has 19 heavy (non-hydrogen) atoms. The van der Waals surface area contributed by atoms with E-state index in [0.717, 1.165) is 26.5 Å². The van der Waals surface area contributed by atoms with Crippen LogP contribution in [0.2, 0.25) is 5.02 Å². The summed E-state index contributed by atoms with van der Waals surface area (Å²) in [7, 11) is 0. The highest BCUT2D eigenvalue weighted by molar-refractivity contribution is 9.10. The molecule has 0 bridgehead atoms. The molecule has 0 saturated carbocycles. The lowest BCUT2D eigenvalue weighted by Gasteiger charge is -2.14. The third-order valence-corrected chi connectivity index (χ3v) is 4.10. The number of rotatable bonds is 2. The van der Waals surface area contributed by atoms with Crippen LogP contribution in [0.4, 0.5) is 0 Å². The van der Waals surface area contributed by atoms with Gasteiger partial charge in [-0.15, -0.1) is 0 Å². The largest absolute Gasteiger partial charge is 0.384 e. The Morgan fingerprint density at radius 2 is 1.95 bits per heavy atom. The molecule has 1 atom stereocenters. The summed E-state index contributed by atoms with van der Waals surface area (Å²) in [6.45, 7) is 0. The van der Waals surface area contributed by atoms with Crippen molar-refractivity contribution >= 4 is 38.4 Å². The van der Waals surface area contributed by atoms with Gasteiger partial charge in [0.15, 0.2) is 0 Å². The van der Waals surface area contributed by atoms with Crippen LogP contribution in [0, 0.1) is 0 Å². The Kier molecular flexibility index (Phi) is 3.35. The van der Waals surface area contributed by atoms with Gasteiger partial charge in [-0.2, -0.15) is 0 Å². The smallest absolute Gasteiger partial charge is 0.106 e. The topological polar surface area (TPSA) is 36.0 Å². The number of aliphatic hydroxyl groups is 1. The van der Waals surface area contributed by atoms with Crippen LogP contribution in [0.15, 0.2) is 53.1 Å². The molecular formula is C15H11BrClNO. The lowest BCUT2D eigenvalue weighted by Crippen LogP contribution is -2.01. The zero-order chi connectivity index (χ0) is 13.4. The molecule has 0 aliphatic heterocycles. The van der Waals surface area contributed by atoms with Crippen LogP contribution in [0.1, 0.15) is 17.2 Å². The van der Waals surface area contributed by atoms with Crippen molar-refractivity contribution in [3.05, 3.63) is 69.3 Å². The predicted octanol–water partition coefficient (Wildman–Crippen LogP) is 4.67. The van der Waals surface area contributed by atoms with Crippen LogP contribution in [-0.2, 0) is 0 Å². The van der Waals surface area contributed by atoms with Crippen molar-refractivity contribution in [3.8, 4) is 0 Å². The second kappa shape index (κ2) is 5.00. The van der Waals surface area contributed by atoms with Crippen LogP contribution in [0.3, 0.4) is 0 Å². The number of nitrogens with one attached hydrogen (secondary N) is 1. The Morgan fingerprint density at radius 1 is 1.11 bits per heavy atom. The Balaban J connectivity index is 2.13. The fraction of sp³-hybridized carbons (Fsp3) is 0.0667. The van der Waals surface area contributed by atoms with E-state index in [2.05, 4.69) is 20.9 Å². The van der Waals surface area contributed by atoms with Crippen molar-refractivity contribution < 1.29 is 5.11 Å². The molecule has 1 aromatic heterocycles. The summed E-state index contributed by atoms with van der Waals surface area (Å²) < 4.78 is 0.806. The number of aromatic nitrogens is 1. The quantitative estimate of drug-likeness (QED) is 0.701. The van der Waals surface area contributed by atoms with E-state index < -0.39 is 6.10 Å². The highest BCUT2D eigenvalue weighted by Crippen LogP contribution is 2.33. The van der Waals surface area contributed by atoms with E-state index >= 15 is 0 Å². The average molecular weight is 337 g/mol. The van der Waals surface area contributed by atoms with Gasteiger partial charge in [0.1, 0.15) is 6.10 Å². The van der Waals surface area contributed by atoms with Gasteiger partial charge in [-0.3, -0.25) is 0 Å². The first kappa shape index (κ1) is 12.7. The highest BCUT2D eigenvalue weighted by atomic mass is 79.9. The summed E-state index contributed by atoms with van der Waals surface area (Å²) in [5, 5.41) is 12.3. The molecule has 0 radical (unpaired) electrons. The maximum absolute atomic E-state index is 10.6. The lowest BCUT2D eigenvalue weighted by molar-refractivity contribution is 0.221. The first-order valence-electron chi connectivity index (χ1n) is 5.86. The Hall–Kier alpha value is -1.29. The standard InChI is InChI=1S/C15H11BrClNO/c16-13-8-9(17)4-5-12(13)15(19)11-2-1-3-14-10(11)6-7-18-14/h1-8,15,18-19H. The van der Waals surface area contributed by atoms with Gasteiger partial charge in [0.2, 0.25) is 0 Å². The second-order valence-electron chi connectivity index (χ2n) is 4.35. The van der Waals surface area contributed by atoms with E-state index in [-0.39, 0.29) is 0 Å². The number of benzene rings is 2. The Morgan fingerprint density at radius 3 is 2.74 bits per heavy atom. The predicted molar refractivity (Wildman–Crippen MR) is 81.5 cm³/mol. The number of hydrogen-bond donors (Lipinski definition) is 2. The molecule has 2 N–H and O–H groups in total. The van der Waals surface area contributed by atoms with Crippen LogP contribution in [0.25, 0.3) is 10.9 Å². The number of H-pyrrole nitrogens is 1. The van der Waals surface area contributed by atoms with Gasteiger partial charge >= 0.3 is 0 Å². The van der Waals surface area contributed by atoms with E-state index in [4.69, 9.17) is 11.6 Å². The normalized spacial score (nSPS) is 12.8. The molecule has 0 spiro atoms. The highest BCUT2D eigenvalue weighted by Gasteiger charge is 2.16. The number of aromatic amines is 1. The van der Waals surface area contributed by atoms with E-state index in [1.54, 1.807) is 12.1 Å². The molecule has 1 heterocycles. The molecule has 0 fully saturated rings. The van der Waals surface area contributed by atoms with Gasteiger partial charge in [0, 0.05) is 26.6 Å². The van der Waals surface area contributed by atoms with Crippen LogP contribution < -0.4 is 0 Å².